The quantitative estimate of drug-likeness (QED) is 0.708. The van der Waals surface area contributed by atoms with Crippen molar-refractivity contribution in [2.75, 3.05) is 11.1 Å². The molecule has 0 unspecified atom stereocenters. The summed E-state index contributed by atoms with van der Waals surface area (Å²) in [5.41, 5.74) is 7.72. The van der Waals surface area contributed by atoms with E-state index in [0.717, 1.165) is 0 Å². The summed E-state index contributed by atoms with van der Waals surface area (Å²) in [6.45, 7) is 0. The van der Waals surface area contributed by atoms with Crippen molar-refractivity contribution in [1.29, 1.82) is 0 Å². The van der Waals surface area contributed by atoms with Gasteiger partial charge >= 0.3 is 0 Å². The fourth-order valence-corrected chi connectivity index (χ4v) is 1.99. The number of hydrogen-bond donors (Lipinski definition) is 2. The van der Waals surface area contributed by atoms with Crippen LogP contribution in [0.1, 0.15) is 10.4 Å². The Bertz CT molecular complexity index is 798. The molecule has 3 rings (SSSR count). The zero-order valence-corrected chi connectivity index (χ0v) is 11.0. The van der Waals surface area contributed by atoms with Gasteiger partial charge in [0.15, 0.2) is 0 Å². The van der Waals surface area contributed by atoms with Gasteiger partial charge in [-0.25, -0.2) is 4.52 Å². The molecule has 2 heterocycles. The topological polar surface area (TPSA) is 85.3 Å². The van der Waals surface area contributed by atoms with Gasteiger partial charge in [-0.05, 0) is 18.2 Å². The number of nitrogens with zero attached hydrogens (tertiary/aromatic N) is 3. The Morgan fingerprint density at radius 1 is 1.35 bits per heavy atom. The third kappa shape index (κ3) is 2.17. The van der Waals surface area contributed by atoms with Crippen molar-refractivity contribution in [2.45, 2.75) is 0 Å². The van der Waals surface area contributed by atoms with Crippen LogP contribution in [0, 0.1) is 0 Å². The minimum atomic E-state index is -0.283. The van der Waals surface area contributed by atoms with Crippen molar-refractivity contribution in [2.24, 2.45) is 0 Å². The lowest BCUT2D eigenvalue weighted by Crippen LogP contribution is -2.11. The van der Waals surface area contributed by atoms with Gasteiger partial charge in [-0.2, -0.15) is 5.10 Å². The zero-order chi connectivity index (χ0) is 14.1. The molecule has 0 bridgehead atoms. The number of rotatable bonds is 2. The first kappa shape index (κ1) is 12.4. The molecule has 0 atom stereocenters. The molecule has 1 aromatic carbocycles. The molecule has 0 saturated carbocycles. The third-order valence-electron chi connectivity index (χ3n) is 2.83. The number of halogens is 1. The fourth-order valence-electron chi connectivity index (χ4n) is 1.81. The molecule has 20 heavy (non-hydrogen) atoms. The molecular weight excluding hydrogens is 278 g/mol. The standard InChI is InChI=1S/C13H10ClN5O/c14-10-5-8(1-2-11(10)15)18-13(20)9-6-17-19-4-3-16-7-12(9)19/h1-7H,15H2,(H,18,20). The lowest BCUT2D eigenvalue weighted by molar-refractivity contribution is 0.102. The Morgan fingerprint density at radius 2 is 2.20 bits per heavy atom. The van der Waals surface area contributed by atoms with E-state index in [-0.39, 0.29) is 5.91 Å². The number of carbonyl (C=O) groups excluding carboxylic acids is 1. The van der Waals surface area contributed by atoms with E-state index in [0.29, 0.717) is 27.5 Å². The SMILES string of the molecule is Nc1ccc(NC(=O)c2cnn3ccncc23)cc1Cl. The van der Waals surface area contributed by atoms with Gasteiger partial charge in [-0.1, -0.05) is 11.6 Å². The molecule has 7 heteroatoms. The first-order valence-electron chi connectivity index (χ1n) is 5.79. The Hall–Kier alpha value is -2.60. The van der Waals surface area contributed by atoms with E-state index < -0.39 is 0 Å². The Labute approximate surface area is 119 Å². The van der Waals surface area contributed by atoms with Crippen LogP contribution in [0.3, 0.4) is 0 Å². The van der Waals surface area contributed by atoms with Crippen molar-refractivity contribution in [3.63, 3.8) is 0 Å². The summed E-state index contributed by atoms with van der Waals surface area (Å²) in [4.78, 5) is 16.2. The first-order valence-corrected chi connectivity index (χ1v) is 6.16. The highest BCUT2D eigenvalue weighted by atomic mass is 35.5. The lowest BCUT2D eigenvalue weighted by Gasteiger charge is -2.05. The maximum atomic E-state index is 12.2. The van der Waals surface area contributed by atoms with Crippen molar-refractivity contribution in [1.82, 2.24) is 14.6 Å². The maximum absolute atomic E-state index is 12.2. The van der Waals surface area contributed by atoms with Crippen LogP contribution in [0.5, 0.6) is 0 Å². The molecule has 3 N–H and O–H groups in total. The molecule has 0 aliphatic carbocycles. The molecule has 0 radical (unpaired) electrons. The van der Waals surface area contributed by atoms with Crippen LogP contribution in [-0.2, 0) is 0 Å². The molecule has 1 amide bonds. The van der Waals surface area contributed by atoms with E-state index in [1.54, 1.807) is 41.3 Å². The van der Waals surface area contributed by atoms with E-state index >= 15 is 0 Å². The summed E-state index contributed by atoms with van der Waals surface area (Å²) in [6, 6.07) is 4.91. The highest BCUT2D eigenvalue weighted by Crippen LogP contribution is 2.23. The molecule has 6 nitrogen and oxygen atoms in total. The number of anilines is 2. The van der Waals surface area contributed by atoms with Crippen LogP contribution in [0.2, 0.25) is 5.02 Å². The van der Waals surface area contributed by atoms with Gasteiger partial charge in [-0.3, -0.25) is 9.78 Å². The second-order valence-corrected chi connectivity index (χ2v) is 4.56. The Balaban J connectivity index is 1.91. The fraction of sp³-hybridized carbons (Fsp3) is 0. The maximum Gasteiger partial charge on any atom is 0.259 e. The van der Waals surface area contributed by atoms with Gasteiger partial charge in [0.1, 0.15) is 0 Å². The van der Waals surface area contributed by atoms with E-state index in [9.17, 15) is 4.79 Å². The predicted molar refractivity (Wildman–Crippen MR) is 76.8 cm³/mol. The van der Waals surface area contributed by atoms with E-state index in [2.05, 4.69) is 15.4 Å². The van der Waals surface area contributed by atoms with Crippen LogP contribution >= 0.6 is 11.6 Å². The highest BCUT2D eigenvalue weighted by Gasteiger charge is 2.13. The predicted octanol–water partition coefficient (Wildman–Crippen LogP) is 2.22. The molecule has 3 aromatic rings. The molecule has 0 spiro atoms. The Morgan fingerprint density at radius 3 is 3.00 bits per heavy atom. The van der Waals surface area contributed by atoms with Crippen molar-refractivity contribution in [3.8, 4) is 0 Å². The number of nitrogens with two attached hydrogens (primary N) is 1. The number of carbonyl (C=O) groups is 1. The molecule has 0 aliphatic heterocycles. The average molecular weight is 288 g/mol. The molecule has 0 saturated heterocycles. The third-order valence-corrected chi connectivity index (χ3v) is 3.16. The Kier molecular flexibility index (Phi) is 3.00. The summed E-state index contributed by atoms with van der Waals surface area (Å²) < 4.78 is 1.58. The van der Waals surface area contributed by atoms with Crippen molar-refractivity contribution >= 4 is 34.4 Å². The highest BCUT2D eigenvalue weighted by molar-refractivity contribution is 6.33. The van der Waals surface area contributed by atoms with Gasteiger partial charge in [0, 0.05) is 18.1 Å². The summed E-state index contributed by atoms with van der Waals surface area (Å²) in [5, 5.41) is 7.22. The van der Waals surface area contributed by atoms with Gasteiger partial charge in [-0.15, -0.1) is 0 Å². The lowest BCUT2D eigenvalue weighted by atomic mass is 10.2. The minimum absolute atomic E-state index is 0.283. The van der Waals surface area contributed by atoms with Crippen molar-refractivity contribution < 1.29 is 4.79 Å². The van der Waals surface area contributed by atoms with E-state index in [1.807, 2.05) is 0 Å². The number of benzene rings is 1. The molecular formula is C13H10ClN5O. The van der Waals surface area contributed by atoms with Crippen molar-refractivity contribution in [3.05, 3.63) is 53.6 Å². The second kappa shape index (κ2) is 4.82. The van der Waals surface area contributed by atoms with Crippen LogP contribution in [0.15, 0.2) is 43.0 Å². The van der Waals surface area contributed by atoms with Crippen LogP contribution in [0.4, 0.5) is 11.4 Å². The smallest absolute Gasteiger partial charge is 0.259 e. The number of nitrogen functional groups attached to an aromatic ring is 1. The summed E-state index contributed by atoms with van der Waals surface area (Å²) in [7, 11) is 0. The molecule has 2 aromatic heterocycles. The normalized spacial score (nSPS) is 10.7. The first-order chi connectivity index (χ1) is 9.65. The molecule has 100 valence electrons. The van der Waals surface area contributed by atoms with Gasteiger partial charge in [0.25, 0.3) is 5.91 Å². The van der Waals surface area contributed by atoms with Gasteiger partial charge < -0.3 is 11.1 Å². The molecule has 0 fully saturated rings. The number of hydrogen-bond acceptors (Lipinski definition) is 4. The number of nitrogens with one attached hydrogen (secondary N) is 1. The second-order valence-electron chi connectivity index (χ2n) is 4.15. The monoisotopic (exact) mass is 287 g/mol. The minimum Gasteiger partial charge on any atom is -0.398 e. The largest absolute Gasteiger partial charge is 0.398 e. The summed E-state index contributed by atoms with van der Waals surface area (Å²) in [5.74, 6) is -0.283. The van der Waals surface area contributed by atoms with E-state index in [4.69, 9.17) is 17.3 Å². The molecule has 0 aliphatic rings. The van der Waals surface area contributed by atoms with Gasteiger partial charge in [0.2, 0.25) is 0 Å². The number of amides is 1. The zero-order valence-electron chi connectivity index (χ0n) is 10.2. The average Bonchev–Trinajstić information content (AvgIpc) is 2.87. The number of fused-ring (bicyclic) bond motifs is 1. The van der Waals surface area contributed by atoms with E-state index in [1.165, 1.54) is 6.20 Å². The number of aromatic nitrogens is 3. The van der Waals surface area contributed by atoms with Crippen LogP contribution in [0.25, 0.3) is 5.52 Å². The summed E-state index contributed by atoms with van der Waals surface area (Å²) >= 11 is 5.91. The van der Waals surface area contributed by atoms with Crippen LogP contribution in [-0.4, -0.2) is 20.5 Å². The van der Waals surface area contributed by atoms with Gasteiger partial charge in [0.05, 0.1) is 34.2 Å². The summed E-state index contributed by atoms with van der Waals surface area (Å²) in [6.07, 6.45) is 6.34. The van der Waals surface area contributed by atoms with Crippen LogP contribution < -0.4 is 11.1 Å².